The molecule has 0 spiro atoms. The van der Waals surface area contributed by atoms with Gasteiger partial charge in [-0.2, -0.15) is 0 Å². The number of benzene rings is 2. The van der Waals surface area contributed by atoms with Gasteiger partial charge in [0.1, 0.15) is 0 Å². The van der Waals surface area contributed by atoms with Crippen LogP contribution in [0.25, 0.3) is 0 Å². The molecule has 7 heteroatoms. The van der Waals surface area contributed by atoms with E-state index in [1.165, 1.54) is 11.8 Å². The molecular weight excluding hydrogens is 355 g/mol. The highest BCUT2D eigenvalue weighted by atomic mass is 35.5. The van der Waals surface area contributed by atoms with E-state index in [2.05, 4.69) is 10.6 Å². The van der Waals surface area contributed by atoms with Crippen molar-refractivity contribution in [3.05, 3.63) is 58.1 Å². The predicted octanol–water partition coefficient (Wildman–Crippen LogP) is 4.08. The minimum absolute atomic E-state index is 0.174. The Bertz CT molecular complexity index is 700. The maximum absolute atomic E-state index is 12.0. The molecule has 2 N–H and O–H groups in total. The highest BCUT2D eigenvalue weighted by Gasteiger charge is 2.10. The number of anilines is 1. The third-order valence-corrected chi connectivity index (χ3v) is 4.91. The van der Waals surface area contributed by atoms with E-state index in [0.29, 0.717) is 26.2 Å². The number of hydrogen-bond acceptors (Lipinski definition) is 3. The number of rotatable bonds is 5. The number of carbonyl (C=O) groups excluding carboxylic acids is 2. The van der Waals surface area contributed by atoms with Crippen LogP contribution >= 0.6 is 35.0 Å². The molecule has 0 aliphatic heterocycles. The fraction of sp³-hybridized carbons (Fsp3) is 0.125. The standard InChI is InChI=1S/C16H14Cl2N2O2S/c1-19-16(22)10-5-7-11(8-6-10)20-14(21)9-23-15-12(17)3-2-4-13(15)18/h2-8H,9H2,1H3,(H,19,22)(H,20,21). The lowest BCUT2D eigenvalue weighted by atomic mass is 10.2. The van der Waals surface area contributed by atoms with Crippen molar-refractivity contribution in [1.29, 1.82) is 0 Å². The summed E-state index contributed by atoms with van der Waals surface area (Å²) in [6.45, 7) is 0. The Morgan fingerprint density at radius 1 is 1.04 bits per heavy atom. The summed E-state index contributed by atoms with van der Waals surface area (Å²) >= 11 is 13.4. The number of hydrogen-bond donors (Lipinski definition) is 2. The van der Waals surface area contributed by atoms with E-state index < -0.39 is 0 Å². The monoisotopic (exact) mass is 368 g/mol. The zero-order valence-electron chi connectivity index (χ0n) is 12.2. The first-order valence-corrected chi connectivity index (χ1v) is 8.44. The molecule has 0 aliphatic rings. The van der Waals surface area contributed by atoms with Crippen LogP contribution in [0.2, 0.25) is 10.0 Å². The second-order valence-electron chi connectivity index (χ2n) is 4.54. The average molecular weight is 369 g/mol. The van der Waals surface area contributed by atoms with Crippen molar-refractivity contribution in [3.8, 4) is 0 Å². The van der Waals surface area contributed by atoms with Crippen molar-refractivity contribution in [2.45, 2.75) is 4.90 Å². The van der Waals surface area contributed by atoms with E-state index in [9.17, 15) is 9.59 Å². The highest BCUT2D eigenvalue weighted by molar-refractivity contribution is 8.00. The molecule has 0 saturated heterocycles. The number of thioether (sulfide) groups is 1. The van der Waals surface area contributed by atoms with E-state index in [4.69, 9.17) is 23.2 Å². The Morgan fingerprint density at radius 2 is 1.65 bits per heavy atom. The zero-order chi connectivity index (χ0) is 16.8. The van der Waals surface area contributed by atoms with Crippen molar-refractivity contribution in [3.63, 3.8) is 0 Å². The molecule has 0 aliphatic carbocycles. The SMILES string of the molecule is CNC(=O)c1ccc(NC(=O)CSc2c(Cl)cccc2Cl)cc1. The maximum atomic E-state index is 12.0. The number of carbonyl (C=O) groups is 2. The molecule has 0 unspecified atom stereocenters. The van der Waals surface area contributed by atoms with Crippen LogP contribution in [-0.2, 0) is 4.79 Å². The van der Waals surface area contributed by atoms with Crippen molar-refractivity contribution in [2.24, 2.45) is 0 Å². The first-order valence-electron chi connectivity index (χ1n) is 6.70. The van der Waals surface area contributed by atoms with Crippen molar-refractivity contribution in [1.82, 2.24) is 5.32 Å². The average Bonchev–Trinajstić information content (AvgIpc) is 2.54. The molecule has 2 rings (SSSR count). The van der Waals surface area contributed by atoms with Gasteiger partial charge in [0, 0.05) is 23.2 Å². The molecule has 0 atom stereocenters. The second kappa shape index (κ2) is 8.24. The van der Waals surface area contributed by atoms with Crippen LogP contribution in [0, 0.1) is 0 Å². The van der Waals surface area contributed by atoms with Crippen molar-refractivity contribution >= 4 is 52.5 Å². The molecule has 0 bridgehead atoms. The normalized spacial score (nSPS) is 10.2. The lowest BCUT2D eigenvalue weighted by molar-refractivity contribution is -0.113. The van der Waals surface area contributed by atoms with Gasteiger partial charge in [-0.25, -0.2) is 0 Å². The van der Waals surface area contributed by atoms with Gasteiger partial charge < -0.3 is 10.6 Å². The summed E-state index contributed by atoms with van der Waals surface area (Å²) in [6.07, 6.45) is 0. The number of nitrogens with one attached hydrogen (secondary N) is 2. The van der Waals surface area contributed by atoms with Crippen LogP contribution in [-0.4, -0.2) is 24.6 Å². The van der Waals surface area contributed by atoms with Crippen molar-refractivity contribution < 1.29 is 9.59 Å². The lowest BCUT2D eigenvalue weighted by Gasteiger charge is -2.08. The smallest absolute Gasteiger partial charge is 0.251 e. The Morgan fingerprint density at radius 3 is 2.22 bits per heavy atom. The molecule has 0 aromatic heterocycles. The van der Waals surface area contributed by atoms with Gasteiger partial charge in [-0.3, -0.25) is 9.59 Å². The second-order valence-corrected chi connectivity index (χ2v) is 6.34. The van der Waals surface area contributed by atoms with E-state index >= 15 is 0 Å². The first kappa shape index (κ1) is 17.7. The topological polar surface area (TPSA) is 58.2 Å². The summed E-state index contributed by atoms with van der Waals surface area (Å²) in [5.41, 5.74) is 1.15. The Hall–Kier alpha value is -1.69. The van der Waals surface area contributed by atoms with Crippen LogP contribution in [0.4, 0.5) is 5.69 Å². The summed E-state index contributed by atoms with van der Waals surface area (Å²) in [4.78, 5) is 24.1. The molecule has 2 aromatic rings. The lowest BCUT2D eigenvalue weighted by Crippen LogP contribution is -2.18. The van der Waals surface area contributed by atoms with Gasteiger partial charge in [0.05, 0.1) is 15.8 Å². The number of amides is 2. The quantitative estimate of drug-likeness (QED) is 0.781. The van der Waals surface area contributed by atoms with Gasteiger partial charge in [0.25, 0.3) is 5.91 Å². The molecule has 0 radical (unpaired) electrons. The molecule has 0 heterocycles. The molecule has 120 valence electrons. The first-order chi connectivity index (χ1) is 11.0. The third-order valence-electron chi connectivity index (χ3n) is 2.92. The Kier molecular flexibility index (Phi) is 6.33. The molecule has 2 aromatic carbocycles. The largest absolute Gasteiger partial charge is 0.355 e. The van der Waals surface area contributed by atoms with Crippen molar-refractivity contribution in [2.75, 3.05) is 18.1 Å². The van der Waals surface area contributed by atoms with E-state index in [1.54, 1.807) is 49.5 Å². The molecule has 23 heavy (non-hydrogen) atoms. The van der Waals surface area contributed by atoms with Crippen LogP contribution in [0.1, 0.15) is 10.4 Å². The van der Waals surface area contributed by atoms with Gasteiger partial charge in [0.2, 0.25) is 5.91 Å². The Balaban J connectivity index is 1.93. The summed E-state index contributed by atoms with van der Waals surface area (Å²) in [6, 6.07) is 11.9. The summed E-state index contributed by atoms with van der Waals surface area (Å²) in [7, 11) is 1.56. The minimum Gasteiger partial charge on any atom is -0.355 e. The van der Waals surface area contributed by atoms with E-state index in [1.807, 2.05) is 0 Å². The van der Waals surface area contributed by atoms with Crippen LogP contribution < -0.4 is 10.6 Å². The number of halogens is 2. The third kappa shape index (κ3) is 4.89. The maximum Gasteiger partial charge on any atom is 0.251 e. The van der Waals surface area contributed by atoms with E-state index in [-0.39, 0.29) is 17.6 Å². The zero-order valence-corrected chi connectivity index (χ0v) is 14.6. The molecular formula is C16H14Cl2N2O2S. The summed E-state index contributed by atoms with van der Waals surface area (Å²) in [5.74, 6) is -0.175. The molecule has 4 nitrogen and oxygen atoms in total. The highest BCUT2D eigenvalue weighted by Crippen LogP contribution is 2.33. The van der Waals surface area contributed by atoms with Crippen LogP contribution in [0.5, 0.6) is 0 Å². The molecule has 2 amide bonds. The van der Waals surface area contributed by atoms with Gasteiger partial charge in [0.15, 0.2) is 0 Å². The molecule has 0 fully saturated rings. The van der Waals surface area contributed by atoms with Crippen LogP contribution in [0.3, 0.4) is 0 Å². The summed E-state index contributed by atoms with van der Waals surface area (Å²) < 4.78 is 0. The van der Waals surface area contributed by atoms with Crippen LogP contribution in [0.15, 0.2) is 47.4 Å². The van der Waals surface area contributed by atoms with Gasteiger partial charge in [-0.05, 0) is 36.4 Å². The predicted molar refractivity (Wildman–Crippen MR) is 95.6 cm³/mol. The summed E-state index contributed by atoms with van der Waals surface area (Å²) in [5, 5.41) is 6.33. The fourth-order valence-electron chi connectivity index (χ4n) is 1.80. The van der Waals surface area contributed by atoms with Gasteiger partial charge in [-0.15, -0.1) is 11.8 Å². The fourth-order valence-corrected chi connectivity index (χ4v) is 3.29. The van der Waals surface area contributed by atoms with E-state index in [0.717, 1.165) is 0 Å². The molecule has 0 saturated carbocycles. The van der Waals surface area contributed by atoms with Gasteiger partial charge >= 0.3 is 0 Å². The van der Waals surface area contributed by atoms with Gasteiger partial charge in [-0.1, -0.05) is 29.3 Å². The Labute approximate surface area is 148 Å². The minimum atomic E-state index is -0.182.